The number of hydrogen-bond donors (Lipinski definition) is 2. The molecule has 0 atom stereocenters. The summed E-state index contributed by atoms with van der Waals surface area (Å²) in [5.74, 6) is 0.736. The molecule has 0 fully saturated rings. The van der Waals surface area contributed by atoms with Gasteiger partial charge in [0.05, 0.1) is 12.7 Å². The third kappa shape index (κ3) is 5.15. The first-order valence-corrected chi connectivity index (χ1v) is 7.98. The fourth-order valence-electron chi connectivity index (χ4n) is 2.39. The summed E-state index contributed by atoms with van der Waals surface area (Å²) in [5, 5.41) is 5.12. The Labute approximate surface area is 150 Å². The van der Waals surface area contributed by atoms with Crippen molar-refractivity contribution >= 4 is 11.7 Å². The second-order valence-electron chi connectivity index (χ2n) is 6.50. The molecule has 2 aromatic rings. The Morgan fingerprint density at radius 2 is 1.69 bits per heavy atom. The Bertz CT molecular complexity index is 756. The maximum Gasteiger partial charge on any atom is 0.416 e. The fraction of sp³-hybridized carbons (Fsp3) is 0.316. The number of amides is 2. The second kappa shape index (κ2) is 7.68. The van der Waals surface area contributed by atoms with Gasteiger partial charge in [0, 0.05) is 17.6 Å². The van der Waals surface area contributed by atoms with Crippen molar-refractivity contribution in [2.75, 3.05) is 19.0 Å². The molecule has 0 saturated carbocycles. The number of alkyl halides is 3. The van der Waals surface area contributed by atoms with Gasteiger partial charge in [-0.2, -0.15) is 13.2 Å². The van der Waals surface area contributed by atoms with Crippen LogP contribution in [0.4, 0.5) is 23.7 Å². The number of benzene rings is 2. The van der Waals surface area contributed by atoms with E-state index in [4.69, 9.17) is 4.74 Å². The number of rotatable bonds is 5. The minimum atomic E-state index is -4.45. The predicted molar refractivity (Wildman–Crippen MR) is 94.5 cm³/mol. The highest BCUT2D eigenvalue weighted by Gasteiger charge is 2.30. The summed E-state index contributed by atoms with van der Waals surface area (Å²) in [4.78, 5) is 12.0. The molecule has 2 amide bonds. The minimum absolute atomic E-state index is 0.0829. The highest BCUT2D eigenvalue weighted by Crippen LogP contribution is 2.30. The minimum Gasteiger partial charge on any atom is -0.497 e. The van der Waals surface area contributed by atoms with Gasteiger partial charge in [-0.1, -0.05) is 32.0 Å². The van der Waals surface area contributed by atoms with Gasteiger partial charge in [0.15, 0.2) is 0 Å². The van der Waals surface area contributed by atoms with Gasteiger partial charge in [-0.05, 0) is 35.9 Å². The van der Waals surface area contributed by atoms with Gasteiger partial charge in [-0.15, -0.1) is 0 Å². The SMILES string of the molecule is COc1ccc(C(C)(C)CNC(=O)Nc2cccc(C(F)(F)F)c2)cc1. The van der Waals surface area contributed by atoms with Crippen molar-refractivity contribution in [1.29, 1.82) is 0 Å². The molecule has 2 rings (SSSR count). The zero-order valence-corrected chi connectivity index (χ0v) is 14.8. The van der Waals surface area contributed by atoms with Crippen LogP contribution in [0.3, 0.4) is 0 Å². The van der Waals surface area contributed by atoms with Crippen molar-refractivity contribution in [3.63, 3.8) is 0 Å². The molecule has 0 spiro atoms. The number of ether oxygens (including phenoxy) is 1. The highest BCUT2D eigenvalue weighted by atomic mass is 19.4. The van der Waals surface area contributed by atoms with Crippen LogP contribution >= 0.6 is 0 Å². The number of anilines is 1. The van der Waals surface area contributed by atoms with Gasteiger partial charge in [0.25, 0.3) is 0 Å². The first-order valence-electron chi connectivity index (χ1n) is 7.98. The summed E-state index contributed by atoms with van der Waals surface area (Å²) >= 11 is 0. The van der Waals surface area contributed by atoms with Crippen LogP contribution in [0, 0.1) is 0 Å². The lowest BCUT2D eigenvalue weighted by Crippen LogP contribution is -2.39. The number of urea groups is 1. The Hall–Kier alpha value is -2.70. The molecule has 0 heterocycles. The fourth-order valence-corrected chi connectivity index (χ4v) is 2.39. The van der Waals surface area contributed by atoms with Gasteiger partial charge in [-0.3, -0.25) is 0 Å². The van der Waals surface area contributed by atoms with Crippen molar-refractivity contribution in [2.45, 2.75) is 25.4 Å². The lowest BCUT2D eigenvalue weighted by Gasteiger charge is -2.26. The van der Waals surface area contributed by atoms with E-state index in [2.05, 4.69) is 10.6 Å². The van der Waals surface area contributed by atoms with Gasteiger partial charge in [-0.25, -0.2) is 4.79 Å². The van der Waals surface area contributed by atoms with E-state index in [0.29, 0.717) is 6.54 Å². The maximum atomic E-state index is 12.7. The molecular weight excluding hydrogens is 345 g/mol. The molecule has 2 aromatic carbocycles. The molecule has 2 N–H and O–H groups in total. The summed E-state index contributed by atoms with van der Waals surface area (Å²) in [6, 6.07) is 11.4. The van der Waals surface area contributed by atoms with Crippen LogP contribution in [0.1, 0.15) is 25.0 Å². The first kappa shape index (κ1) is 19.6. The van der Waals surface area contributed by atoms with Gasteiger partial charge >= 0.3 is 12.2 Å². The topological polar surface area (TPSA) is 50.4 Å². The monoisotopic (exact) mass is 366 g/mol. The van der Waals surface area contributed by atoms with Crippen molar-refractivity contribution in [1.82, 2.24) is 5.32 Å². The quantitative estimate of drug-likeness (QED) is 0.798. The Morgan fingerprint density at radius 3 is 2.27 bits per heavy atom. The van der Waals surface area contributed by atoms with Gasteiger partial charge in [0.2, 0.25) is 0 Å². The van der Waals surface area contributed by atoms with Crippen molar-refractivity contribution in [3.05, 3.63) is 59.7 Å². The third-order valence-corrected chi connectivity index (χ3v) is 4.01. The Morgan fingerprint density at radius 1 is 1.04 bits per heavy atom. The molecule has 7 heteroatoms. The summed E-state index contributed by atoms with van der Waals surface area (Å²) in [5.41, 5.74) is -0.0941. The smallest absolute Gasteiger partial charge is 0.416 e. The maximum absolute atomic E-state index is 12.7. The van der Waals surface area contributed by atoms with E-state index in [1.54, 1.807) is 7.11 Å². The number of carbonyl (C=O) groups is 1. The number of carbonyl (C=O) groups excluding carboxylic acids is 1. The normalized spacial score (nSPS) is 11.8. The number of nitrogens with one attached hydrogen (secondary N) is 2. The van der Waals surface area contributed by atoms with Crippen LogP contribution in [0.2, 0.25) is 0 Å². The molecule has 4 nitrogen and oxygen atoms in total. The Balaban J connectivity index is 1.97. The average molecular weight is 366 g/mol. The molecule has 0 saturated heterocycles. The van der Waals surface area contributed by atoms with Crippen LogP contribution in [-0.2, 0) is 11.6 Å². The van der Waals surface area contributed by atoms with E-state index >= 15 is 0 Å². The first-order chi connectivity index (χ1) is 12.1. The van der Waals surface area contributed by atoms with Crippen LogP contribution in [0.5, 0.6) is 5.75 Å². The molecule has 0 aliphatic carbocycles. The third-order valence-electron chi connectivity index (χ3n) is 4.01. The van der Waals surface area contributed by atoms with E-state index in [1.165, 1.54) is 12.1 Å². The molecule has 0 unspecified atom stereocenters. The number of halogens is 3. The molecule has 140 valence electrons. The summed E-state index contributed by atoms with van der Waals surface area (Å²) in [6.45, 7) is 4.23. The standard InChI is InChI=1S/C19H21F3N2O2/c1-18(2,13-7-9-16(26-3)10-8-13)12-23-17(25)24-15-6-4-5-14(11-15)19(20,21)22/h4-11H,12H2,1-3H3,(H2,23,24,25). The molecule has 0 aliphatic heterocycles. The van der Waals surface area contributed by atoms with Crippen LogP contribution in [-0.4, -0.2) is 19.7 Å². The van der Waals surface area contributed by atoms with E-state index < -0.39 is 17.8 Å². The van der Waals surface area contributed by atoms with E-state index in [-0.39, 0.29) is 11.1 Å². The summed E-state index contributed by atoms with van der Waals surface area (Å²) in [7, 11) is 1.58. The molecule has 26 heavy (non-hydrogen) atoms. The average Bonchev–Trinajstić information content (AvgIpc) is 2.60. The van der Waals surface area contributed by atoms with Gasteiger partial charge in [0.1, 0.15) is 5.75 Å². The van der Waals surface area contributed by atoms with Crippen molar-refractivity contribution in [2.24, 2.45) is 0 Å². The van der Waals surface area contributed by atoms with Crippen LogP contribution in [0.15, 0.2) is 48.5 Å². The predicted octanol–water partition coefficient (Wildman–Crippen LogP) is 4.81. The van der Waals surface area contributed by atoms with E-state index in [9.17, 15) is 18.0 Å². The van der Waals surface area contributed by atoms with Crippen LogP contribution < -0.4 is 15.4 Å². The van der Waals surface area contributed by atoms with Crippen molar-refractivity contribution < 1.29 is 22.7 Å². The largest absolute Gasteiger partial charge is 0.497 e. The highest BCUT2D eigenvalue weighted by molar-refractivity contribution is 5.89. The molecule has 0 aliphatic rings. The lowest BCUT2D eigenvalue weighted by atomic mass is 9.84. The van der Waals surface area contributed by atoms with E-state index in [1.807, 2.05) is 38.1 Å². The molecule has 0 bridgehead atoms. The zero-order chi connectivity index (χ0) is 19.4. The zero-order valence-electron chi connectivity index (χ0n) is 14.8. The molecular formula is C19H21F3N2O2. The summed E-state index contributed by atoms with van der Waals surface area (Å²) < 4.78 is 43.3. The van der Waals surface area contributed by atoms with Crippen molar-refractivity contribution in [3.8, 4) is 5.75 Å². The van der Waals surface area contributed by atoms with Crippen LogP contribution in [0.25, 0.3) is 0 Å². The lowest BCUT2D eigenvalue weighted by molar-refractivity contribution is -0.137. The molecule has 0 radical (unpaired) electrons. The van der Waals surface area contributed by atoms with Gasteiger partial charge < -0.3 is 15.4 Å². The second-order valence-corrected chi connectivity index (χ2v) is 6.50. The number of hydrogen-bond acceptors (Lipinski definition) is 2. The number of methoxy groups -OCH3 is 1. The van der Waals surface area contributed by atoms with E-state index in [0.717, 1.165) is 23.4 Å². The molecule has 0 aromatic heterocycles. The Kier molecular flexibility index (Phi) is 5.79. The summed E-state index contributed by atoms with van der Waals surface area (Å²) in [6.07, 6.45) is -4.45.